The fourth-order valence-corrected chi connectivity index (χ4v) is 2.30. The normalized spacial score (nSPS) is 23.7. The molecule has 0 aliphatic heterocycles. The first-order valence-corrected chi connectivity index (χ1v) is 6.03. The standard InChI is InChI=1S/C12H16FN3O2/c13-10-2-1-3-11(12(10)16(17)18)15-9-6-4-8(14)5-7-9/h1-3,8-9,15H,4-7,14H2. The van der Waals surface area contributed by atoms with Crippen LogP contribution in [0.25, 0.3) is 0 Å². The van der Waals surface area contributed by atoms with E-state index in [9.17, 15) is 14.5 Å². The Bertz CT molecular complexity index is 445. The second kappa shape index (κ2) is 5.30. The Kier molecular flexibility index (Phi) is 3.76. The first kappa shape index (κ1) is 12.8. The summed E-state index contributed by atoms with van der Waals surface area (Å²) in [5.74, 6) is -0.808. The van der Waals surface area contributed by atoms with Gasteiger partial charge < -0.3 is 11.1 Å². The van der Waals surface area contributed by atoms with E-state index in [1.165, 1.54) is 12.1 Å². The molecule has 0 spiro atoms. The molecule has 1 aromatic rings. The Labute approximate surface area is 104 Å². The number of anilines is 1. The topological polar surface area (TPSA) is 81.2 Å². The van der Waals surface area contributed by atoms with E-state index in [0.29, 0.717) is 0 Å². The van der Waals surface area contributed by atoms with Crippen LogP contribution in [0, 0.1) is 15.9 Å². The van der Waals surface area contributed by atoms with Gasteiger partial charge in [0, 0.05) is 12.1 Å². The van der Waals surface area contributed by atoms with E-state index in [0.717, 1.165) is 31.7 Å². The number of nitro groups is 1. The molecule has 1 aliphatic carbocycles. The smallest absolute Gasteiger partial charge is 0.327 e. The molecule has 0 radical (unpaired) electrons. The summed E-state index contributed by atoms with van der Waals surface area (Å²) in [6.07, 6.45) is 3.49. The number of nitrogens with one attached hydrogen (secondary N) is 1. The van der Waals surface area contributed by atoms with Gasteiger partial charge in [-0.1, -0.05) is 6.07 Å². The number of benzene rings is 1. The average Bonchev–Trinajstić information content (AvgIpc) is 2.32. The summed E-state index contributed by atoms with van der Waals surface area (Å²) in [4.78, 5) is 10.2. The zero-order valence-corrected chi connectivity index (χ0v) is 9.93. The molecule has 1 aromatic carbocycles. The predicted octanol–water partition coefficient (Wildman–Crippen LogP) is 2.42. The number of hydrogen-bond acceptors (Lipinski definition) is 4. The number of hydrogen-bond donors (Lipinski definition) is 2. The maximum absolute atomic E-state index is 13.4. The molecule has 0 unspecified atom stereocenters. The van der Waals surface area contributed by atoms with Crippen LogP contribution < -0.4 is 11.1 Å². The summed E-state index contributed by atoms with van der Waals surface area (Å²) in [6, 6.07) is 4.45. The minimum Gasteiger partial charge on any atom is -0.377 e. The third kappa shape index (κ3) is 2.76. The first-order valence-electron chi connectivity index (χ1n) is 6.03. The minimum atomic E-state index is -0.808. The minimum absolute atomic E-state index is 0.130. The van der Waals surface area contributed by atoms with Crippen molar-refractivity contribution in [2.75, 3.05) is 5.32 Å². The van der Waals surface area contributed by atoms with E-state index >= 15 is 0 Å². The molecule has 2 rings (SSSR count). The van der Waals surface area contributed by atoms with Gasteiger partial charge in [0.25, 0.3) is 0 Å². The third-order valence-electron chi connectivity index (χ3n) is 3.30. The molecule has 1 fully saturated rings. The maximum atomic E-state index is 13.4. The van der Waals surface area contributed by atoms with Gasteiger partial charge in [-0.25, -0.2) is 0 Å². The molecule has 98 valence electrons. The molecule has 0 amide bonds. The highest BCUT2D eigenvalue weighted by Crippen LogP contribution is 2.30. The molecule has 0 aromatic heterocycles. The SMILES string of the molecule is NC1CCC(Nc2cccc(F)c2[N+](=O)[O-])CC1. The summed E-state index contributed by atoms with van der Waals surface area (Å²) in [5, 5.41) is 13.9. The van der Waals surface area contributed by atoms with Crippen LogP contribution in [0.4, 0.5) is 15.8 Å². The Morgan fingerprint density at radius 1 is 1.33 bits per heavy atom. The molecular formula is C12H16FN3O2. The number of halogens is 1. The molecule has 0 saturated heterocycles. The van der Waals surface area contributed by atoms with Crippen LogP contribution >= 0.6 is 0 Å². The van der Waals surface area contributed by atoms with E-state index in [2.05, 4.69) is 5.32 Å². The zero-order chi connectivity index (χ0) is 13.1. The van der Waals surface area contributed by atoms with Crippen molar-refractivity contribution < 1.29 is 9.31 Å². The van der Waals surface area contributed by atoms with Crippen molar-refractivity contribution in [3.05, 3.63) is 34.1 Å². The highest BCUT2D eigenvalue weighted by molar-refractivity contribution is 5.62. The molecule has 0 atom stereocenters. The van der Waals surface area contributed by atoms with Crippen LogP contribution in [-0.2, 0) is 0 Å². The lowest BCUT2D eigenvalue weighted by molar-refractivity contribution is -0.386. The van der Waals surface area contributed by atoms with Gasteiger partial charge in [0.2, 0.25) is 5.82 Å². The number of nitrogens with two attached hydrogens (primary N) is 1. The van der Waals surface area contributed by atoms with Crippen LogP contribution in [0.15, 0.2) is 18.2 Å². The molecule has 0 bridgehead atoms. The van der Waals surface area contributed by atoms with Gasteiger partial charge in [-0.3, -0.25) is 10.1 Å². The predicted molar refractivity (Wildman–Crippen MR) is 66.9 cm³/mol. The van der Waals surface area contributed by atoms with E-state index in [1.807, 2.05) is 0 Å². The molecular weight excluding hydrogens is 237 g/mol. The first-order chi connectivity index (χ1) is 8.58. The van der Waals surface area contributed by atoms with E-state index < -0.39 is 16.4 Å². The fourth-order valence-electron chi connectivity index (χ4n) is 2.30. The molecule has 1 saturated carbocycles. The molecule has 18 heavy (non-hydrogen) atoms. The number of nitrogens with zero attached hydrogens (tertiary/aromatic N) is 1. The highest BCUT2D eigenvalue weighted by atomic mass is 19.1. The van der Waals surface area contributed by atoms with Crippen molar-refractivity contribution in [1.82, 2.24) is 0 Å². The van der Waals surface area contributed by atoms with E-state index in [1.54, 1.807) is 0 Å². The van der Waals surface area contributed by atoms with Crippen molar-refractivity contribution in [2.24, 2.45) is 5.73 Å². The summed E-state index contributed by atoms with van der Waals surface area (Å²) in [5.41, 5.74) is 5.57. The Morgan fingerprint density at radius 3 is 2.61 bits per heavy atom. The van der Waals surface area contributed by atoms with Crippen LogP contribution in [0.3, 0.4) is 0 Å². The number of rotatable bonds is 3. The lowest BCUT2D eigenvalue weighted by atomic mass is 9.91. The van der Waals surface area contributed by atoms with Crippen molar-refractivity contribution in [3.63, 3.8) is 0 Å². The monoisotopic (exact) mass is 253 g/mol. The van der Waals surface area contributed by atoms with Gasteiger partial charge in [-0.15, -0.1) is 0 Å². The lowest BCUT2D eigenvalue weighted by Crippen LogP contribution is -2.33. The van der Waals surface area contributed by atoms with Gasteiger partial charge >= 0.3 is 5.69 Å². The summed E-state index contributed by atoms with van der Waals surface area (Å²) >= 11 is 0. The van der Waals surface area contributed by atoms with Crippen molar-refractivity contribution in [3.8, 4) is 0 Å². The highest BCUT2D eigenvalue weighted by Gasteiger charge is 2.24. The quantitative estimate of drug-likeness (QED) is 0.640. The lowest BCUT2D eigenvalue weighted by Gasteiger charge is -2.27. The van der Waals surface area contributed by atoms with Gasteiger partial charge in [-0.2, -0.15) is 4.39 Å². The Hall–Kier alpha value is -1.69. The fraction of sp³-hybridized carbons (Fsp3) is 0.500. The largest absolute Gasteiger partial charge is 0.377 e. The second-order valence-corrected chi connectivity index (χ2v) is 4.65. The molecule has 1 aliphatic rings. The molecule has 3 N–H and O–H groups in total. The molecule has 5 nitrogen and oxygen atoms in total. The van der Waals surface area contributed by atoms with Gasteiger partial charge in [0.1, 0.15) is 5.69 Å². The summed E-state index contributed by atoms with van der Waals surface area (Å²) in [7, 11) is 0. The molecule has 0 heterocycles. The number of nitro benzene ring substituents is 1. The second-order valence-electron chi connectivity index (χ2n) is 4.65. The Morgan fingerprint density at radius 2 is 2.00 bits per heavy atom. The van der Waals surface area contributed by atoms with E-state index in [4.69, 9.17) is 5.73 Å². The van der Waals surface area contributed by atoms with Crippen molar-refractivity contribution in [1.29, 1.82) is 0 Å². The summed E-state index contributed by atoms with van der Waals surface area (Å²) in [6.45, 7) is 0. The van der Waals surface area contributed by atoms with Crippen LogP contribution in [0.1, 0.15) is 25.7 Å². The Balaban J connectivity index is 2.14. The van der Waals surface area contributed by atoms with Gasteiger partial charge in [-0.05, 0) is 37.8 Å². The van der Waals surface area contributed by atoms with E-state index in [-0.39, 0.29) is 17.8 Å². The third-order valence-corrected chi connectivity index (χ3v) is 3.30. The van der Waals surface area contributed by atoms with Crippen molar-refractivity contribution in [2.45, 2.75) is 37.8 Å². The van der Waals surface area contributed by atoms with Crippen LogP contribution in [0.2, 0.25) is 0 Å². The molecule has 6 heteroatoms. The zero-order valence-electron chi connectivity index (χ0n) is 9.93. The van der Waals surface area contributed by atoms with Crippen LogP contribution in [0.5, 0.6) is 0 Å². The van der Waals surface area contributed by atoms with Crippen molar-refractivity contribution >= 4 is 11.4 Å². The number of para-hydroxylation sites is 1. The van der Waals surface area contributed by atoms with Crippen LogP contribution in [-0.4, -0.2) is 17.0 Å². The summed E-state index contributed by atoms with van der Waals surface area (Å²) < 4.78 is 13.4. The van der Waals surface area contributed by atoms with Gasteiger partial charge in [0.05, 0.1) is 4.92 Å². The van der Waals surface area contributed by atoms with Gasteiger partial charge in [0.15, 0.2) is 0 Å². The average molecular weight is 253 g/mol. The maximum Gasteiger partial charge on any atom is 0.327 e.